The van der Waals surface area contributed by atoms with Gasteiger partial charge in [-0.2, -0.15) is 0 Å². The molecular formula is C19H22BrNO3S2. The molecule has 3 fully saturated rings. The van der Waals surface area contributed by atoms with Crippen LogP contribution in [-0.4, -0.2) is 54.9 Å². The minimum absolute atomic E-state index is 0. The number of halogens is 1. The maximum Gasteiger partial charge on any atom is 0.319 e. The van der Waals surface area contributed by atoms with Crippen molar-refractivity contribution in [2.45, 2.75) is 49.2 Å². The molecule has 1 unspecified atom stereocenters. The lowest BCUT2D eigenvalue weighted by molar-refractivity contribution is -0.938. The van der Waals surface area contributed by atoms with Gasteiger partial charge in [0.2, 0.25) is 0 Å². The van der Waals surface area contributed by atoms with Crippen LogP contribution in [0, 0.1) is 0 Å². The lowest BCUT2D eigenvalue weighted by atomic mass is 9.96. The number of thiophene rings is 2. The summed E-state index contributed by atoms with van der Waals surface area (Å²) >= 11 is 3.25. The molecule has 3 aliphatic rings. The molecule has 0 radical (unpaired) electrons. The summed E-state index contributed by atoms with van der Waals surface area (Å²) in [5, 5.41) is 4.05. The summed E-state index contributed by atoms with van der Waals surface area (Å²) in [5.74, 6) is -0.385. The average Bonchev–Trinajstić information content (AvgIpc) is 2.91. The third-order valence-corrected chi connectivity index (χ3v) is 8.09. The Hall–Kier alpha value is -0.730. The second kappa shape index (κ2) is 6.71. The van der Waals surface area contributed by atoms with E-state index in [0.29, 0.717) is 24.3 Å². The molecule has 26 heavy (non-hydrogen) atoms. The van der Waals surface area contributed by atoms with Gasteiger partial charge in [-0.15, -0.1) is 22.7 Å². The zero-order valence-electron chi connectivity index (χ0n) is 14.7. The highest BCUT2D eigenvalue weighted by Gasteiger charge is 2.70. The standard InChI is InChI=1S/C19H22NO3S2.BrH/c1-20(2)12-9-11(10-13(20)18-17(12)23-18)22-19(21)16(14-5-3-7-24-14)15-6-4-8-25-15;/h3-8,11-13,16-18H,9-10H2,1-2H3;1H/q+1;/p-1/t11?,12-,13+,17-,18+;. The smallest absolute Gasteiger partial charge is 0.319 e. The molecule has 0 N–H and O–H groups in total. The van der Waals surface area contributed by atoms with Gasteiger partial charge >= 0.3 is 5.97 Å². The Morgan fingerprint density at radius 1 is 1.12 bits per heavy atom. The summed E-state index contributed by atoms with van der Waals surface area (Å²) < 4.78 is 12.9. The fourth-order valence-corrected chi connectivity index (χ4v) is 6.55. The average molecular weight is 456 g/mol. The van der Waals surface area contributed by atoms with E-state index in [4.69, 9.17) is 9.47 Å². The summed E-state index contributed by atoms with van der Waals surface area (Å²) in [6.07, 6.45) is 2.62. The monoisotopic (exact) mass is 455 g/mol. The van der Waals surface area contributed by atoms with Crippen LogP contribution in [0.15, 0.2) is 35.0 Å². The molecule has 0 amide bonds. The molecule has 0 aromatic carbocycles. The van der Waals surface area contributed by atoms with E-state index in [9.17, 15) is 4.79 Å². The molecule has 5 heterocycles. The number of ether oxygens (including phenoxy) is 2. The van der Waals surface area contributed by atoms with Crippen molar-refractivity contribution in [3.05, 3.63) is 44.8 Å². The minimum atomic E-state index is -0.284. The van der Waals surface area contributed by atoms with Crippen molar-refractivity contribution in [2.24, 2.45) is 0 Å². The molecule has 0 saturated carbocycles. The number of esters is 1. The van der Waals surface area contributed by atoms with Gasteiger partial charge in [0.1, 0.15) is 36.3 Å². The van der Waals surface area contributed by atoms with E-state index in [2.05, 4.69) is 14.1 Å². The Bertz CT molecular complexity index is 723. The van der Waals surface area contributed by atoms with E-state index in [-0.39, 0.29) is 35.0 Å². The van der Waals surface area contributed by atoms with Gasteiger partial charge in [-0.25, -0.2) is 0 Å². The summed E-state index contributed by atoms with van der Waals surface area (Å²) in [6.45, 7) is 0. The molecule has 5 rings (SSSR count). The molecule has 0 aliphatic carbocycles. The summed E-state index contributed by atoms with van der Waals surface area (Å²) in [4.78, 5) is 15.2. The van der Waals surface area contributed by atoms with E-state index in [1.807, 2.05) is 35.0 Å². The second-order valence-corrected chi connectivity index (χ2v) is 9.78. The van der Waals surface area contributed by atoms with Crippen molar-refractivity contribution in [3.8, 4) is 0 Å². The SMILES string of the molecule is C[N+]1(C)[C@@H]2CC(OC(=O)C(c3cccs3)c3cccs3)C[C@H]1[C@@H]1O[C@@H]12.[Br-]. The first-order chi connectivity index (χ1) is 12.1. The van der Waals surface area contributed by atoms with Gasteiger partial charge < -0.3 is 30.9 Å². The summed E-state index contributed by atoms with van der Waals surface area (Å²) in [7, 11) is 4.59. The van der Waals surface area contributed by atoms with Crippen LogP contribution >= 0.6 is 22.7 Å². The Kier molecular flexibility index (Phi) is 4.80. The van der Waals surface area contributed by atoms with Crippen LogP contribution in [0.1, 0.15) is 28.5 Å². The number of hydrogen-bond acceptors (Lipinski definition) is 5. The first-order valence-electron chi connectivity index (χ1n) is 8.82. The third kappa shape index (κ3) is 2.88. The number of piperidine rings is 1. The first kappa shape index (κ1) is 18.6. The fourth-order valence-electron chi connectivity index (χ4n) is 4.82. The van der Waals surface area contributed by atoms with E-state index < -0.39 is 0 Å². The second-order valence-electron chi connectivity index (χ2n) is 7.82. The molecule has 3 saturated heterocycles. The number of nitrogens with zero attached hydrogens (tertiary/aromatic N) is 1. The van der Waals surface area contributed by atoms with Crippen molar-refractivity contribution in [3.63, 3.8) is 0 Å². The fraction of sp³-hybridized carbons (Fsp3) is 0.526. The molecule has 5 atom stereocenters. The Labute approximate surface area is 172 Å². The molecule has 140 valence electrons. The number of morpholine rings is 1. The van der Waals surface area contributed by atoms with Gasteiger partial charge in [-0.3, -0.25) is 4.79 Å². The highest BCUT2D eigenvalue weighted by molar-refractivity contribution is 7.11. The quantitative estimate of drug-likeness (QED) is 0.376. The number of fused-ring (bicyclic) bond motifs is 5. The predicted octanol–water partition coefficient (Wildman–Crippen LogP) is 0.246. The Morgan fingerprint density at radius 2 is 1.65 bits per heavy atom. The maximum absolute atomic E-state index is 13.1. The van der Waals surface area contributed by atoms with Gasteiger partial charge in [0, 0.05) is 22.6 Å². The topological polar surface area (TPSA) is 38.8 Å². The molecule has 4 nitrogen and oxygen atoms in total. The van der Waals surface area contributed by atoms with Gasteiger partial charge in [-0.1, -0.05) is 12.1 Å². The van der Waals surface area contributed by atoms with Crippen LogP contribution in [-0.2, 0) is 14.3 Å². The van der Waals surface area contributed by atoms with Gasteiger partial charge in [-0.05, 0) is 22.9 Å². The van der Waals surface area contributed by atoms with Gasteiger partial charge in [0.15, 0.2) is 0 Å². The summed E-state index contributed by atoms with van der Waals surface area (Å²) in [5.41, 5.74) is 0. The number of carbonyl (C=O) groups excluding carboxylic acids is 1. The summed E-state index contributed by atoms with van der Waals surface area (Å²) in [6, 6.07) is 8.99. The van der Waals surface area contributed by atoms with Crippen LogP contribution in [0.3, 0.4) is 0 Å². The van der Waals surface area contributed by atoms with Crippen LogP contribution in [0.25, 0.3) is 0 Å². The van der Waals surface area contributed by atoms with Crippen LogP contribution < -0.4 is 17.0 Å². The van der Waals surface area contributed by atoms with Gasteiger partial charge in [0.05, 0.1) is 14.1 Å². The number of likely N-dealkylation sites (N-methyl/N-ethyl adjacent to an activating group) is 1. The lowest BCUT2D eigenvalue weighted by Crippen LogP contribution is -3.00. The number of carbonyl (C=O) groups is 1. The van der Waals surface area contributed by atoms with E-state index >= 15 is 0 Å². The van der Waals surface area contributed by atoms with Crippen molar-refractivity contribution >= 4 is 28.6 Å². The highest BCUT2D eigenvalue weighted by atomic mass is 79.9. The van der Waals surface area contributed by atoms with Crippen molar-refractivity contribution < 1.29 is 35.7 Å². The Balaban J connectivity index is 0.00000168. The van der Waals surface area contributed by atoms with Crippen LogP contribution in [0.4, 0.5) is 0 Å². The molecule has 2 aromatic heterocycles. The lowest BCUT2D eigenvalue weighted by Gasteiger charge is -2.45. The Morgan fingerprint density at radius 3 is 2.12 bits per heavy atom. The zero-order chi connectivity index (χ0) is 17.2. The number of hydrogen-bond donors (Lipinski definition) is 0. The molecular weight excluding hydrogens is 434 g/mol. The molecule has 0 spiro atoms. The predicted molar refractivity (Wildman–Crippen MR) is 97.9 cm³/mol. The molecule has 3 aliphatic heterocycles. The van der Waals surface area contributed by atoms with E-state index in [1.165, 1.54) is 0 Å². The van der Waals surface area contributed by atoms with Gasteiger partial charge in [0.25, 0.3) is 0 Å². The number of epoxide rings is 1. The van der Waals surface area contributed by atoms with Crippen molar-refractivity contribution in [1.82, 2.24) is 0 Å². The molecule has 2 aromatic rings. The zero-order valence-corrected chi connectivity index (χ0v) is 17.9. The highest BCUT2D eigenvalue weighted by Crippen LogP contribution is 2.51. The van der Waals surface area contributed by atoms with E-state index in [1.54, 1.807) is 22.7 Å². The van der Waals surface area contributed by atoms with Crippen LogP contribution in [0.5, 0.6) is 0 Å². The third-order valence-electron chi connectivity index (χ3n) is 6.21. The number of quaternary nitrogens is 1. The molecule has 7 heteroatoms. The maximum atomic E-state index is 13.1. The van der Waals surface area contributed by atoms with Crippen LogP contribution in [0.2, 0.25) is 0 Å². The first-order valence-corrected chi connectivity index (χ1v) is 10.6. The van der Waals surface area contributed by atoms with E-state index in [0.717, 1.165) is 27.1 Å². The normalized spacial score (nSPS) is 33.4. The van der Waals surface area contributed by atoms with Crippen molar-refractivity contribution in [1.29, 1.82) is 0 Å². The largest absolute Gasteiger partial charge is 1.00 e. The van der Waals surface area contributed by atoms with Crippen molar-refractivity contribution in [2.75, 3.05) is 14.1 Å². The minimum Gasteiger partial charge on any atom is -1.00 e. The molecule has 2 bridgehead atoms. The number of rotatable bonds is 4.